The predicted octanol–water partition coefficient (Wildman–Crippen LogP) is 11.1. The van der Waals surface area contributed by atoms with Crippen molar-refractivity contribution in [1.82, 2.24) is 0 Å². The van der Waals surface area contributed by atoms with Crippen LogP contribution in [0.25, 0.3) is 0 Å². The van der Waals surface area contributed by atoms with Crippen molar-refractivity contribution in [1.29, 1.82) is 0 Å². The van der Waals surface area contributed by atoms with E-state index in [1.165, 1.54) is 82.6 Å². The largest absolute Gasteiger partial charge is 0.100 e. The van der Waals surface area contributed by atoms with Crippen LogP contribution in [0.4, 0.5) is 0 Å². The Kier molecular flexibility index (Phi) is 9.12. The van der Waals surface area contributed by atoms with E-state index in [1.54, 1.807) is 0 Å². The molecule has 194 valence electrons. The van der Waals surface area contributed by atoms with E-state index in [0.717, 1.165) is 29.6 Å². The molecule has 8 unspecified atom stereocenters. The zero-order valence-electron chi connectivity index (χ0n) is 23.6. The van der Waals surface area contributed by atoms with Crippen LogP contribution in [0.1, 0.15) is 147 Å². The minimum atomic E-state index is 0. The molecule has 0 nitrogen and oxygen atoms in total. The van der Waals surface area contributed by atoms with Gasteiger partial charge in [0.25, 0.3) is 0 Å². The summed E-state index contributed by atoms with van der Waals surface area (Å²) < 4.78 is 0. The summed E-state index contributed by atoms with van der Waals surface area (Å²) in [4.78, 5) is 0. The molecular weight excluding hydrogens is 396 g/mol. The molecule has 0 aromatic heterocycles. The van der Waals surface area contributed by atoms with Crippen molar-refractivity contribution < 1.29 is 0 Å². The Morgan fingerprint density at radius 2 is 1.58 bits per heavy atom. The van der Waals surface area contributed by atoms with Gasteiger partial charge in [0, 0.05) is 0 Å². The van der Waals surface area contributed by atoms with Gasteiger partial charge >= 0.3 is 0 Å². The highest BCUT2D eigenvalue weighted by molar-refractivity contribution is 5.08. The van der Waals surface area contributed by atoms with E-state index in [1.807, 2.05) is 0 Å². The van der Waals surface area contributed by atoms with Gasteiger partial charge in [-0.15, -0.1) is 6.58 Å². The molecule has 0 bridgehead atoms. The Morgan fingerprint density at radius 1 is 0.909 bits per heavy atom. The van der Waals surface area contributed by atoms with Crippen molar-refractivity contribution in [2.75, 3.05) is 0 Å². The van der Waals surface area contributed by atoms with Gasteiger partial charge < -0.3 is 0 Å². The minimum Gasteiger partial charge on any atom is -0.100 e. The summed E-state index contributed by atoms with van der Waals surface area (Å²) in [5.41, 5.74) is 3.55. The zero-order chi connectivity index (χ0) is 23.9. The van der Waals surface area contributed by atoms with Crippen molar-refractivity contribution in [3.8, 4) is 0 Å². The Morgan fingerprint density at radius 3 is 2.15 bits per heavy atom. The number of fused-ring (bicyclic) bond motifs is 1. The lowest BCUT2D eigenvalue weighted by Gasteiger charge is -2.64. The molecule has 0 saturated heterocycles. The molecule has 0 amide bonds. The van der Waals surface area contributed by atoms with Crippen molar-refractivity contribution in [3.63, 3.8) is 0 Å². The van der Waals surface area contributed by atoms with Crippen LogP contribution < -0.4 is 0 Å². The summed E-state index contributed by atoms with van der Waals surface area (Å²) in [5.74, 6) is 4.47. The molecule has 3 rings (SSSR count). The summed E-state index contributed by atoms with van der Waals surface area (Å²) in [6.07, 6.45) is 17.1. The Bertz CT molecular complexity index is 657. The molecule has 3 saturated carbocycles. The van der Waals surface area contributed by atoms with Crippen LogP contribution in [0, 0.1) is 51.2 Å². The van der Waals surface area contributed by atoms with E-state index in [4.69, 9.17) is 0 Å². The fourth-order valence-corrected chi connectivity index (χ4v) is 9.81. The highest BCUT2D eigenvalue weighted by Gasteiger charge is 2.59. The van der Waals surface area contributed by atoms with E-state index >= 15 is 0 Å². The van der Waals surface area contributed by atoms with Crippen LogP contribution in [0.15, 0.2) is 12.2 Å². The molecule has 33 heavy (non-hydrogen) atoms. The van der Waals surface area contributed by atoms with Gasteiger partial charge in [0.2, 0.25) is 0 Å². The third-order valence-electron chi connectivity index (χ3n) is 12.7. The standard InChI is InChI=1S/C32H58.CH4/c1-11-28-29(7,8)24(5)17-19-31(28,10)27-16-15-26-22-32(12-2,18-13-14-23(3)4)21-20-30(26,9)25(27)6;/h24-28H,3,11-22H2,1-2,4-10H3;1H4. The molecule has 3 aliphatic rings. The number of allylic oxidation sites excluding steroid dienone is 1. The van der Waals surface area contributed by atoms with Gasteiger partial charge in [-0.2, -0.15) is 0 Å². The van der Waals surface area contributed by atoms with Gasteiger partial charge in [-0.1, -0.05) is 81.2 Å². The maximum Gasteiger partial charge on any atom is -0.0261 e. The first-order chi connectivity index (χ1) is 14.9. The van der Waals surface area contributed by atoms with Crippen molar-refractivity contribution in [2.24, 2.45) is 51.2 Å². The normalized spacial score (nSPS) is 45.1. The van der Waals surface area contributed by atoms with Gasteiger partial charge in [-0.3, -0.25) is 0 Å². The van der Waals surface area contributed by atoms with Crippen LogP contribution in [-0.4, -0.2) is 0 Å². The molecule has 0 radical (unpaired) electrons. The molecule has 0 N–H and O–H groups in total. The summed E-state index contributed by atoms with van der Waals surface area (Å²) in [5, 5.41) is 0. The van der Waals surface area contributed by atoms with Crippen molar-refractivity contribution in [2.45, 2.75) is 147 Å². The smallest absolute Gasteiger partial charge is 0.0261 e. The van der Waals surface area contributed by atoms with Crippen LogP contribution in [-0.2, 0) is 0 Å². The third-order valence-corrected chi connectivity index (χ3v) is 12.7. The Balaban J connectivity index is 0.00000385. The molecule has 8 atom stereocenters. The summed E-state index contributed by atoms with van der Waals surface area (Å²) in [6, 6.07) is 0. The minimum absolute atomic E-state index is 0. The molecular formula is C33H62. The van der Waals surface area contributed by atoms with Crippen molar-refractivity contribution >= 4 is 0 Å². The molecule has 0 heteroatoms. The van der Waals surface area contributed by atoms with Crippen LogP contribution in [0.2, 0.25) is 0 Å². The molecule has 0 aliphatic heterocycles. The van der Waals surface area contributed by atoms with E-state index in [-0.39, 0.29) is 7.43 Å². The summed E-state index contributed by atoms with van der Waals surface area (Å²) in [6.45, 7) is 27.2. The fourth-order valence-electron chi connectivity index (χ4n) is 9.81. The molecule has 3 fully saturated rings. The van der Waals surface area contributed by atoms with E-state index in [9.17, 15) is 0 Å². The average molecular weight is 459 g/mol. The fraction of sp³-hybridized carbons (Fsp3) is 0.939. The van der Waals surface area contributed by atoms with Gasteiger partial charge in [0.1, 0.15) is 0 Å². The molecule has 0 spiro atoms. The quantitative estimate of drug-likeness (QED) is 0.333. The van der Waals surface area contributed by atoms with Gasteiger partial charge in [-0.05, 0) is 122 Å². The Hall–Kier alpha value is -0.260. The maximum absolute atomic E-state index is 4.16. The highest BCUT2D eigenvalue weighted by Crippen LogP contribution is 2.67. The average Bonchev–Trinajstić information content (AvgIpc) is 2.72. The third kappa shape index (κ3) is 5.03. The first-order valence-corrected chi connectivity index (χ1v) is 14.5. The first-order valence-electron chi connectivity index (χ1n) is 14.5. The second-order valence-corrected chi connectivity index (χ2v) is 14.3. The van der Waals surface area contributed by atoms with Gasteiger partial charge in [0.15, 0.2) is 0 Å². The van der Waals surface area contributed by atoms with Gasteiger partial charge in [-0.25, -0.2) is 0 Å². The predicted molar refractivity (Wildman–Crippen MR) is 150 cm³/mol. The number of hydrogen-bond donors (Lipinski definition) is 0. The lowest BCUT2D eigenvalue weighted by molar-refractivity contribution is -0.150. The van der Waals surface area contributed by atoms with Crippen LogP contribution in [0.5, 0.6) is 0 Å². The van der Waals surface area contributed by atoms with E-state index in [0.29, 0.717) is 21.7 Å². The summed E-state index contributed by atoms with van der Waals surface area (Å²) in [7, 11) is 0. The SMILES string of the molecule is C.C=C(C)CCCC1(CC)CCC2(C)C(CCC(C3(C)CCC(C)C(C)(C)C3CC)C2C)C1. The first kappa shape index (κ1) is 29.0. The number of rotatable bonds is 7. The van der Waals surface area contributed by atoms with E-state index < -0.39 is 0 Å². The lowest BCUT2D eigenvalue weighted by atomic mass is 9.41. The van der Waals surface area contributed by atoms with E-state index in [2.05, 4.69) is 68.9 Å². The summed E-state index contributed by atoms with van der Waals surface area (Å²) >= 11 is 0. The monoisotopic (exact) mass is 458 g/mol. The second-order valence-electron chi connectivity index (χ2n) is 14.3. The van der Waals surface area contributed by atoms with Crippen LogP contribution in [0.3, 0.4) is 0 Å². The molecule has 0 aromatic carbocycles. The lowest BCUT2D eigenvalue weighted by Crippen LogP contribution is -2.56. The second kappa shape index (κ2) is 10.4. The Labute approximate surface area is 210 Å². The molecule has 0 aromatic rings. The highest BCUT2D eigenvalue weighted by atomic mass is 14.6. The maximum atomic E-state index is 4.16. The number of hydrogen-bond acceptors (Lipinski definition) is 0. The van der Waals surface area contributed by atoms with Crippen molar-refractivity contribution in [3.05, 3.63) is 12.2 Å². The topological polar surface area (TPSA) is 0 Å². The molecule has 0 heterocycles. The van der Waals surface area contributed by atoms with Gasteiger partial charge in [0.05, 0.1) is 0 Å². The zero-order valence-corrected chi connectivity index (χ0v) is 23.6. The molecule has 3 aliphatic carbocycles. The van der Waals surface area contributed by atoms with Crippen LogP contribution >= 0.6 is 0 Å².